The van der Waals surface area contributed by atoms with Crippen molar-refractivity contribution >= 4 is 10.0 Å². The van der Waals surface area contributed by atoms with Crippen molar-refractivity contribution in [2.75, 3.05) is 27.2 Å². The van der Waals surface area contributed by atoms with Gasteiger partial charge in [0.15, 0.2) is 0 Å². The van der Waals surface area contributed by atoms with Crippen LogP contribution in [-0.4, -0.2) is 40.0 Å². The smallest absolute Gasteiger partial charge is 0.242 e. The largest absolute Gasteiger partial charge is 0.493 e. The van der Waals surface area contributed by atoms with Gasteiger partial charge in [0, 0.05) is 26.2 Å². The number of hydrogen-bond donors (Lipinski definition) is 1. The molecule has 0 amide bonds. The monoisotopic (exact) mass is 300 g/mol. The zero-order valence-electron chi connectivity index (χ0n) is 12.6. The molecule has 0 saturated carbocycles. The summed E-state index contributed by atoms with van der Waals surface area (Å²) < 4.78 is 31.2. The first-order valence-corrected chi connectivity index (χ1v) is 8.26. The van der Waals surface area contributed by atoms with E-state index >= 15 is 0 Å². The third kappa shape index (κ3) is 4.19. The van der Waals surface area contributed by atoms with E-state index in [1.165, 1.54) is 18.4 Å². The zero-order valence-corrected chi connectivity index (χ0v) is 13.5. The molecular formula is C14H24N2O3S. The number of nitrogens with one attached hydrogen (secondary N) is 1. The molecule has 1 rings (SSSR count). The van der Waals surface area contributed by atoms with Gasteiger partial charge in [-0.15, -0.1) is 0 Å². The lowest BCUT2D eigenvalue weighted by atomic mass is 10.2. The molecule has 0 fully saturated rings. The predicted molar refractivity (Wildman–Crippen MR) is 80.5 cm³/mol. The topological polar surface area (TPSA) is 58.6 Å². The van der Waals surface area contributed by atoms with Crippen LogP contribution in [0.5, 0.6) is 5.75 Å². The van der Waals surface area contributed by atoms with Crippen LogP contribution in [0.1, 0.15) is 25.8 Å². The summed E-state index contributed by atoms with van der Waals surface area (Å²) in [5, 5.41) is 3.20. The van der Waals surface area contributed by atoms with Gasteiger partial charge in [-0.3, -0.25) is 0 Å². The third-order valence-electron chi connectivity index (χ3n) is 2.84. The average molecular weight is 300 g/mol. The van der Waals surface area contributed by atoms with Crippen molar-refractivity contribution in [3.63, 3.8) is 0 Å². The summed E-state index contributed by atoms with van der Waals surface area (Å²) in [6.45, 7) is 6.07. The molecule has 0 unspecified atom stereocenters. The van der Waals surface area contributed by atoms with E-state index in [4.69, 9.17) is 4.74 Å². The van der Waals surface area contributed by atoms with Gasteiger partial charge in [-0.05, 0) is 31.2 Å². The van der Waals surface area contributed by atoms with Crippen LogP contribution in [0.4, 0.5) is 0 Å². The van der Waals surface area contributed by atoms with E-state index in [2.05, 4.69) is 5.32 Å². The second-order valence-electron chi connectivity index (χ2n) is 4.69. The first-order valence-electron chi connectivity index (χ1n) is 6.82. The molecule has 0 atom stereocenters. The molecule has 0 aliphatic carbocycles. The van der Waals surface area contributed by atoms with Crippen LogP contribution in [0, 0.1) is 0 Å². The van der Waals surface area contributed by atoms with Crippen LogP contribution in [0.25, 0.3) is 0 Å². The molecule has 0 saturated heterocycles. The molecule has 20 heavy (non-hydrogen) atoms. The number of rotatable bonds is 8. The highest BCUT2D eigenvalue weighted by atomic mass is 32.2. The fraction of sp³-hybridized carbons (Fsp3) is 0.571. The van der Waals surface area contributed by atoms with E-state index in [0.29, 0.717) is 18.0 Å². The Morgan fingerprint density at radius 1 is 1.25 bits per heavy atom. The van der Waals surface area contributed by atoms with Gasteiger partial charge in [0.25, 0.3) is 0 Å². The fourth-order valence-corrected chi connectivity index (χ4v) is 2.63. The first kappa shape index (κ1) is 16.9. The summed E-state index contributed by atoms with van der Waals surface area (Å²) in [5.41, 5.74) is 0.864. The van der Waals surface area contributed by atoms with E-state index in [1.54, 1.807) is 18.2 Å². The molecule has 0 aromatic heterocycles. The molecule has 0 heterocycles. The molecule has 114 valence electrons. The molecule has 0 spiro atoms. The van der Waals surface area contributed by atoms with Crippen LogP contribution >= 0.6 is 0 Å². The van der Waals surface area contributed by atoms with E-state index < -0.39 is 10.0 Å². The number of ether oxygens (including phenoxy) is 1. The summed E-state index contributed by atoms with van der Waals surface area (Å²) in [4.78, 5) is 0.291. The van der Waals surface area contributed by atoms with Crippen LogP contribution in [0.15, 0.2) is 23.1 Å². The molecule has 1 N–H and O–H groups in total. The highest BCUT2D eigenvalue weighted by molar-refractivity contribution is 7.89. The van der Waals surface area contributed by atoms with Crippen LogP contribution in [0.2, 0.25) is 0 Å². The molecule has 6 heteroatoms. The SMILES string of the molecule is CCCOc1ccc(S(=O)(=O)N(C)C)cc1CNCC. The normalized spacial score (nSPS) is 11.8. The molecule has 0 aliphatic heterocycles. The Morgan fingerprint density at radius 3 is 2.50 bits per heavy atom. The second-order valence-corrected chi connectivity index (χ2v) is 6.84. The Kier molecular flexibility index (Phi) is 6.45. The molecule has 0 aliphatic rings. The average Bonchev–Trinajstić information content (AvgIpc) is 2.42. The Bertz CT molecular complexity index is 527. The highest BCUT2D eigenvalue weighted by Gasteiger charge is 2.18. The van der Waals surface area contributed by atoms with Crippen LogP contribution in [-0.2, 0) is 16.6 Å². The van der Waals surface area contributed by atoms with E-state index in [1.807, 2.05) is 13.8 Å². The molecule has 0 radical (unpaired) electrons. The summed E-state index contributed by atoms with van der Waals surface area (Å²) in [5.74, 6) is 0.741. The summed E-state index contributed by atoms with van der Waals surface area (Å²) >= 11 is 0. The molecule has 0 bridgehead atoms. The number of hydrogen-bond acceptors (Lipinski definition) is 4. The van der Waals surface area contributed by atoms with E-state index in [0.717, 1.165) is 24.3 Å². The number of benzene rings is 1. The minimum absolute atomic E-state index is 0.291. The van der Waals surface area contributed by atoms with Gasteiger partial charge in [0.2, 0.25) is 10.0 Å². The van der Waals surface area contributed by atoms with E-state index in [9.17, 15) is 8.42 Å². The van der Waals surface area contributed by atoms with Crippen molar-refractivity contribution in [3.8, 4) is 5.75 Å². The summed E-state index contributed by atoms with van der Waals surface area (Å²) in [7, 11) is -0.355. The number of sulfonamides is 1. The molecule has 1 aromatic carbocycles. The maximum absolute atomic E-state index is 12.1. The van der Waals surface area contributed by atoms with Crippen molar-refractivity contribution in [3.05, 3.63) is 23.8 Å². The minimum Gasteiger partial charge on any atom is -0.493 e. The van der Waals surface area contributed by atoms with Gasteiger partial charge in [0.1, 0.15) is 5.75 Å². The highest BCUT2D eigenvalue weighted by Crippen LogP contribution is 2.24. The van der Waals surface area contributed by atoms with Gasteiger partial charge in [0.05, 0.1) is 11.5 Å². The standard InChI is InChI=1S/C14H24N2O3S/c1-5-9-19-14-8-7-13(20(17,18)16(3)4)10-12(14)11-15-6-2/h7-8,10,15H,5-6,9,11H2,1-4H3. The quantitative estimate of drug-likeness (QED) is 0.796. The lowest BCUT2D eigenvalue weighted by Gasteiger charge is -2.15. The zero-order chi connectivity index (χ0) is 15.2. The van der Waals surface area contributed by atoms with E-state index in [-0.39, 0.29) is 0 Å². The number of nitrogens with zero attached hydrogens (tertiary/aromatic N) is 1. The van der Waals surface area contributed by atoms with Crippen molar-refractivity contribution in [2.24, 2.45) is 0 Å². The minimum atomic E-state index is -3.41. The maximum Gasteiger partial charge on any atom is 0.242 e. The fourth-order valence-electron chi connectivity index (χ4n) is 1.68. The lowest BCUT2D eigenvalue weighted by molar-refractivity contribution is 0.313. The van der Waals surface area contributed by atoms with Crippen molar-refractivity contribution in [2.45, 2.75) is 31.7 Å². The Hall–Kier alpha value is -1.11. The van der Waals surface area contributed by atoms with Crippen molar-refractivity contribution < 1.29 is 13.2 Å². The van der Waals surface area contributed by atoms with Crippen molar-refractivity contribution in [1.29, 1.82) is 0 Å². The third-order valence-corrected chi connectivity index (χ3v) is 4.65. The Labute approximate surface area is 122 Å². The Balaban J connectivity index is 3.13. The van der Waals surface area contributed by atoms with Gasteiger partial charge in [-0.1, -0.05) is 13.8 Å². The molecule has 5 nitrogen and oxygen atoms in total. The van der Waals surface area contributed by atoms with Crippen LogP contribution < -0.4 is 10.1 Å². The molecular weight excluding hydrogens is 276 g/mol. The van der Waals surface area contributed by atoms with Gasteiger partial charge >= 0.3 is 0 Å². The second kappa shape index (κ2) is 7.61. The van der Waals surface area contributed by atoms with Gasteiger partial charge < -0.3 is 10.1 Å². The van der Waals surface area contributed by atoms with Crippen molar-refractivity contribution in [1.82, 2.24) is 9.62 Å². The summed E-state index contributed by atoms with van der Waals surface area (Å²) in [6, 6.07) is 5.01. The van der Waals surface area contributed by atoms with Crippen LogP contribution in [0.3, 0.4) is 0 Å². The Morgan fingerprint density at radius 2 is 1.95 bits per heavy atom. The summed E-state index contributed by atoms with van der Waals surface area (Å²) in [6.07, 6.45) is 0.915. The molecule has 1 aromatic rings. The maximum atomic E-state index is 12.1. The van der Waals surface area contributed by atoms with Gasteiger partial charge in [-0.25, -0.2) is 12.7 Å². The predicted octanol–water partition coefficient (Wildman–Crippen LogP) is 1.84. The lowest BCUT2D eigenvalue weighted by Crippen LogP contribution is -2.22. The van der Waals surface area contributed by atoms with Gasteiger partial charge in [-0.2, -0.15) is 0 Å². The first-order chi connectivity index (χ1) is 9.43.